The van der Waals surface area contributed by atoms with Gasteiger partial charge in [-0.15, -0.1) is 0 Å². The number of hydrogen-bond donors (Lipinski definition) is 1. The summed E-state index contributed by atoms with van der Waals surface area (Å²) < 4.78 is 19.2. The first-order chi connectivity index (χ1) is 11.7. The summed E-state index contributed by atoms with van der Waals surface area (Å²) in [6.07, 6.45) is 1.24. The number of nitrogens with zero attached hydrogens (tertiary/aromatic N) is 1. The van der Waals surface area contributed by atoms with Crippen molar-refractivity contribution in [3.63, 3.8) is 0 Å². The number of ketones is 1. The molecule has 0 bridgehead atoms. The number of amides is 1. The van der Waals surface area contributed by atoms with Crippen molar-refractivity contribution in [2.45, 2.75) is 56.9 Å². The van der Waals surface area contributed by atoms with Crippen molar-refractivity contribution in [2.24, 2.45) is 4.99 Å². The molecule has 0 aliphatic carbocycles. The smallest absolute Gasteiger partial charge is 0.222 e. The van der Waals surface area contributed by atoms with Crippen molar-refractivity contribution in [3.05, 3.63) is 29.6 Å². The number of aliphatic imine (C=N–C) groups is 1. The van der Waals surface area contributed by atoms with Gasteiger partial charge >= 0.3 is 0 Å². The second-order valence-corrected chi connectivity index (χ2v) is 8.16. The fourth-order valence-electron chi connectivity index (χ4n) is 3.52. The Bertz CT molecular complexity index is 782. The molecule has 2 aliphatic heterocycles. The average molecular weight is 364 g/mol. The second-order valence-electron chi connectivity index (χ2n) is 6.84. The molecular formula is C18H21FN2O3S. The van der Waals surface area contributed by atoms with Gasteiger partial charge in [-0.25, -0.2) is 9.38 Å². The molecule has 1 spiro atoms. The van der Waals surface area contributed by atoms with Crippen molar-refractivity contribution in [3.8, 4) is 5.75 Å². The zero-order valence-electron chi connectivity index (χ0n) is 14.7. The lowest BCUT2D eigenvalue weighted by Gasteiger charge is -2.46. The standard InChI is InChI=1S/C18H21FN2O3S/c1-5-17(4)9-18(13-7-6-12(19)8-14(13)24-17)15(10(2)22)21-16(25-18)20-11(3)23/h6-8,15H,5,9H2,1-4H3,(H,20,21,23). The highest BCUT2D eigenvalue weighted by Gasteiger charge is 2.57. The molecule has 1 aromatic carbocycles. The Morgan fingerprint density at radius 3 is 2.76 bits per heavy atom. The summed E-state index contributed by atoms with van der Waals surface area (Å²) in [5, 5.41) is 3.11. The third kappa shape index (κ3) is 3.05. The molecule has 1 amide bonds. The first-order valence-corrected chi connectivity index (χ1v) is 9.05. The maximum atomic E-state index is 13.8. The number of thioether (sulfide) groups is 1. The van der Waals surface area contributed by atoms with Crippen LogP contribution in [0.5, 0.6) is 5.75 Å². The van der Waals surface area contributed by atoms with E-state index in [1.54, 1.807) is 6.07 Å². The van der Waals surface area contributed by atoms with Gasteiger partial charge in [-0.2, -0.15) is 0 Å². The third-order valence-corrected chi connectivity index (χ3v) is 6.13. The van der Waals surface area contributed by atoms with E-state index < -0.39 is 16.4 Å². The Labute approximate surface area is 150 Å². The van der Waals surface area contributed by atoms with Crippen molar-refractivity contribution < 1.29 is 18.7 Å². The molecule has 7 heteroatoms. The van der Waals surface area contributed by atoms with E-state index in [1.807, 2.05) is 13.8 Å². The van der Waals surface area contributed by atoms with Gasteiger partial charge in [-0.05, 0) is 26.3 Å². The summed E-state index contributed by atoms with van der Waals surface area (Å²) in [4.78, 5) is 28.3. The van der Waals surface area contributed by atoms with E-state index in [9.17, 15) is 14.0 Å². The molecule has 3 unspecified atom stereocenters. The number of ether oxygens (including phenoxy) is 1. The number of nitrogens with one attached hydrogen (secondary N) is 1. The van der Waals surface area contributed by atoms with Gasteiger partial charge in [-0.3, -0.25) is 9.59 Å². The van der Waals surface area contributed by atoms with Crippen molar-refractivity contribution in [1.29, 1.82) is 0 Å². The highest BCUT2D eigenvalue weighted by atomic mass is 32.2. The molecule has 2 heterocycles. The number of fused-ring (bicyclic) bond motifs is 2. The summed E-state index contributed by atoms with van der Waals surface area (Å²) >= 11 is 1.36. The first-order valence-electron chi connectivity index (χ1n) is 8.23. The van der Waals surface area contributed by atoms with Gasteiger partial charge < -0.3 is 10.1 Å². The molecule has 1 N–H and O–H groups in total. The predicted octanol–water partition coefficient (Wildman–Crippen LogP) is 3.17. The van der Waals surface area contributed by atoms with Crippen LogP contribution >= 0.6 is 11.8 Å². The largest absolute Gasteiger partial charge is 0.487 e. The Kier molecular flexibility index (Phi) is 4.39. The zero-order valence-corrected chi connectivity index (χ0v) is 15.5. The number of carbonyl (C=O) groups excluding carboxylic acids is 2. The molecule has 3 rings (SSSR count). The van der Waals surface area contributed by atoms with E-state index >= 15 is 0 Å². The minimum absolute atomic E-state index is 0.0940. The molecule has 25 heavy (non-hydrogen) atoms. The topological polar surface area (TPSA) is 67.8 Å². The number of hydrogen-bond acceptors (Lipinski definition) is 5. The van der Waals surface area contributed by atoms with Crippen LogP contribution in [0.4, 0.5) is 4.39 Å². The Morgan fingerprint density at radius 1 is 1.44 bits per heavy atom. The van der Waals surface area contributed by atoms with E-state index in [4.69, 9.17) is 4.74 Å². The molecule has 5 nitrogen and oxygen atoms in total. The Hall–Kier alpha value is -1.89. The van der Waals surface area contributed by atoms with E-state index in [1.165, 1.54) is 37.7 Å². The van der Waals surface area contributed by atoms with Crippen LogP contribution in [-0.4, -0.2) is 28.5 Å². The summed E-state index contributed by atoms with van der Waals surface area (Å²) in [7, 11) is 0. The van der Waals surface area contributed by atoms with E-state index in [2.05, 4.69) is 10.3 Å². The number of benzene rings is 1. The van der Waals surface area contributed by atoms with Crippen LogP contribution in [0.1, 0.15) is 46.1 Å². The van der Waals surface area contributed by atoms with E-state index in [-0.39, 0.29) is 17.5 Å². The minimum Gasteiger partial charge on any atom is -0.487 e. The lowest BCUT2D eigenvalue weighted by Crippen LogP contribution is -2.50. The zero-order chi connectivity index (χ0) is 18.4. The number of Topliss-reactive ketones (excluding diaryl/α,β-unsaturated/α-hetero) is 1. The lowest BCUT2D eigenvalue weighted by molar-refractivity contribution is -0.120. The second kappa shape index (κ2) is 6.12. The fraction of sp³-hybridized carbons (Fsp3) is 0.500. The molecule has 0 saturated heterocycles. The minimum atomic E-state index is -0.713. The normalized spacial score (nSPS) is 30.4. The molecule has 1 aromatic rings. The maximum Gasteiger partial charge on any atom is 0.222 e. The van der Waals surface area contributed by atoms with Gasteiger partial charge in [0.15, 0.2) is 11.0 Å². The number of halogens is 1. The molecule has 3 atom stereocenters. The number of carbonyl (C=O) groups is 2. The molecule has 0 fully saturated rings. The highest BCUT2D eigenvalue weighted by molar-refractivity contribution is 8.15. The van der Waals surface area contributed by atoms with Crippen LogP contribution < -0.4 is 10.1 Å². The number of amidine groups is 1. The predicted molar refractivity (Wildman–Crippen MR) is 95.3 cm³/mol. The van der Waals surface area contributed by atoms with Gasteiger partial charge in [0.25, 0.3) is 0 Å². The van der Waals surface area contributed by atoms with Gasteiger partial charge in [-0.1, -0.05) is 24.8 Å². The van der Waals surface area contributed by atoms with Crippen molar-refractivity contribution >= 4 is 28.6 Å². The Balaban J connectivity index is 2.15. The highest BCUT2D eigenvalue weighted by Crippen LogP contribution is 2.57. The third-order valence-electron chi connectivity index (χ3n) is 4.78. The number of rotatable bonds is 2. The summed E-state index contributed by atoms with van der Waals surface area (Å²) in [6.45, 7) is 6.85. The summed E-state index contributed by atoms with van der Waals surface area (Å²) in [5.41, 5.74) is 0.192. The summed E-state index contributed by atoms with van der Waals surface area (Å²) in [6, 6.07) is 3.73. The van der Waals surface area contributed by atoms with Crippen LogP contribution in [0.2, 0.25) is 0 Å². The van der Waals surface area contributed by atoms with Crippen LogP contribution in [-0.2, 0) is 14.3 Å². The maximum absolute atomic E-state index is 13.8. The fourth-order valence-corrected chi connectivity index (χ4v) is 5.20. The SMILES string of the molecule is CCC1(C)CC2(SC(NC(C)=O)=NC2C(C)=O)c2ccc(F)cc2O1. The molecule has 0 aromatic heterocycles. The molecule has 0 saturated carbocycles. The monoisotopic (exact) mass is 364 g/mol. The van der Waals surface area contributed by atoms with Gasteiger partial charge in [0, 0.05) is 25.0 Å². The van der Waals surface area contributed by atoms with Crippen LogP contribution in [0.3, 0.4) is 0 Å². The van der Waals surface area contributed by atoms with E-state index in [0.717, 1.165) is 5.56 Å². The van der Waals surface area contributed by atoms with Crippen molar-refractivity contribution in [1.82, 2.24) is 5.32 Å². The van der Waals surface area contributed by atoms with Gasteiger partial charge in [0.05, 0.1) is 4.75 Å². The van der Waals surface area contributed by atoms with Crippen molar-refractivity contribution in [2.75, 3.05) is 0 Å². The van der Waals surface area contributed by atoms with Gasteiger partial charge in [0.1, 0.15) is 23.2 Å². The van der Waals surface area contributed by atoms with Crippen LogP contribution in [0, 0.1) is 5.82 Å². The molecule has 134 valence electrons. The average Bonchev–Trinajstić information content (AvgIpc) is 2.84. The van der Waals surface area contributed by atoms with Gasteiger partial charge in [0.2, 0.25) is 5.91 Å². The molecular weight excluding hydrogens is 343 g/mol. The van der Waals surface area contributed by atoms with E-state index in [0.29, 0.717) is 23.8 Å². The summed E-state index contributed by atoms with van der Waals surface area (Å²) in [5.74, 6) is -0.285. The molecule has 0 radical (unpaired) electrons. The Morgan fingerprint density at radius 2 is 2.16 bits per heavy atom. The van der Waals surface area contributed by atoms with Crippen LogP contribution in [0.25, 0.3) is 0 Å². The quantitative estimate of drug-likeness (QED) is 0.875. The molecule has 2 aliphatic rings. The first kappa shape index (κ1) is 17.9. The lowest BCUT2D eigenvalue weighted by atomic mass is 9.76. The van der Waals surface area contributed by atoms with Crippen LogP contribution in [0.15, 0.2) is 23.2 Å².